The van der Waals surface area contributed by atoms with Crippen LogP contribution in [-0.2, 0) is 17.9 Å². The molecule has 0 aliphatic carbocycles. The van der Waals surface area contributed by atoms with Gasteiger partial charge in [0.2, 0.25) is 5.91 Å². The molecular weight excluding hydrogens is 264 g/mol. The Balaban J connectivity index is 1.87. The Kier molecular flexibility index (Phi) is 6.30. The van der Waals surface area contributed by atoms with Crippen molar-refractivity contribution in [3.63, 3.8) is 0 Å². The Morgan fingerprint density at radius 2 is 2.10 bits per heavy atom. The molecule has 1 unspecified atom stereocenters. The second kappa shape index (κ2) is 8.23. The normalized spacial score (nSPS) is 19.8. The van der Waals surface area contributed by atoms with Crippen molar-refractivity contribution in [3.05, 3.63) is 23.7 Å². The number of furan rings is 1. The predicted octanol–water partition coefficient (Wildman–Crippen LogP) is 3.32. The lowest BCUT2D eigenvalue weighted by Crippen LogP contribution is -2.29. The first-order chi connectivity index (χ1) is 10.2. The van der Waals surface area contributed by atoms with Gasteiger partial charge in [-0.2, -0.15) is 0 Å². The van der Waals surface area contributed by atoms with Gasteiger partial charge in [-0.1, -0.05) is 20.3 Å². The summed E-state index contributed by atoms with van der Waals surface area (Å²) in [5, 5.41) is 3.33. The summed E-state index contributed by atoms with van der Waals surface area (Å²) in [6.45, 7) is 7.60. The smallest absolute Gasteiger partial charge is 0.222 e. The highest BCUT2D eigenvalue weighted by Crippen LogP contribution is 2.22. The van der Waals surface area contributed by atoms with E-state index in [0.29, 0.717) is 18.9 Å². The average molecular weight is 292 g/mol. The molecule has 1 saturated heterocycles. The zero-order chi connectivity index (χ0) is 15.1. The van der Waals surface area contributed by atoms with Gasteiger partial charge in [0.15, 0.2) is 0 Å². The highest BCUT2D eigenvalue weighted by molar-refractivity contribution is 5.76. The lowest BCUT2D eigenvalue weighted by molar-refractivity contribution is -0.131. The number of carbonyl (C=O) groups excluding carboxylic acids is 1. The standard InChI is InChI=1S/C17H28N2O2/c1-3-10-18-12-15-6-7-16(21-15)13-19-11-9-14(4-2)5-8-17(19)20/h6-7,14,18H,3-5,8-13H2,1-2H3. The van der Waals surface area contributed by atoms with E-state index in [1.54, 1.807) is 0 Å². The highest BCUT2D eigenvalue weighted by Gasteiger charge is 2.22. The third-order valence-corrected chi connectivity index (χ3v) is 4.29. The largest absolute Gasteiger partial charge is 0.463 e. The van der Waals surface area contributed by atoms with E-state index >= 15 is 0 Å². The van der Waals surface area contributed by atoms with Crippen LogP contribution in [0, 0.1) is 5.92 Å². The van der Waals surface area contributed by atoms with Gasteiger partial charge in [-0.3, -0.25) is 4.79 Å². The number of carbonyl (C=O) groups is 1. The van der Waals surface area contributed by atoms with Crippen molar-refractivity contribution in [1.29, 1.82) is 0 Å². The van der Waals surface area contributed by atoms with E-state index in [1.807, 2.05) is 17.0 Å². The number of nitrogens with zero attached hydrogens (tertiary/aromatic N) is 1. The van der Waals surface area contributed by atoms with Crippen molar-refractivity contribution < 1.29 is 9.21 Å². The fraction of sp³-hybridized carbons (Fsp3) is 0.706. The molecule has 1 aliphatic rings. The van der Waals surface area contributed by atoms with E-state index in [2.05, 4.69) is 19.2 Å². The van der Waals surface area contributed by atoms with E-state index in [0.717, 1.165) is 50.4 Å². The molecule has 1 N–H and O–H groups in total. The zero-order valence-electron chi connectivity index (χ0n) is 13.4. The number of rotatable bonds is 7. The molecule has 4 heteroatoms. The van der Waals surface area contributed by atoms with Crippen LogP contribution in [0.1, 0.15) is 57.5 Å². The molecule has 1 fully saturated rings. The van der Waals surface area contributed by atoms with Gasteiger partial charge in [0.1, 0.15) is 11.5 Å². The molecule has 1 aromatic rings. The van der Waals surface area contributed by atoms with Crippen molar-refractivity contribution in [1.82, 2.24) is 10.2 Å². The molecule has 0 bridgehead atoms. The maximum Gasteiger partial charge on any atom is 0.222 e. The van der Waals surface area contributed by atoms with Crippen LogP contribution >= 0.6 is 0 Å². The maximum absolute atomic E-state index is 12.2. The molecule has 4 nitrogen and oxygen atoms in total. The predicted molar refractivity (Wildman–Crippen MR) is 83.8 cm³/mol. The van der Waals surface area contributed by atoms with E-state index in [4.69, 9.17) is 4.42 Å². The topological polar surface area (TPSA) is 45.5 Å². The third-order valence-electron chi connectivity index (χ3n) is 4.29. The minimum absolute atomic E-state index is 0.271. The minimum atomic E-state index is 0.271. The van der Waals surface area contributed by atoms with Crippen LogP contribution in [0.15, 0.2) is 16.5 Å². The summed E-state index contributed by atoms with van der Waals surface area (Å²) < 4.78 is 5.82. The minimum Gasteiger partial charge on any atom is -0.463 e. The Labute approximate surface area is 127 Å². The van der Waals surface area contributed by atoms with Crippen molar-refractivity contribution in [3.8, 4) is 0 Å². The average Bonchev–Trinajstić information content (AvgIpc) is 2.85. The quantitative estimate of drug-likeness (QED) is 0.784. The molecule has 0 aromatic carbocycles. The summed E-state index contributed by atoms with van der Waals surface area (Å²) in [7, 11) is 0. The van der Waals surface area contributed by atoms with Crippen molar-refractivity contribution in [2.75, 3.05) is 13.1 Å². The lowest BCUT2D eigenvalue weighted by Gasteiger charge is -2.19. The van der Waals surface area contributed by atoms with Crippen LogP contribution in [0.4, 0.5) is 0 Å². The molecule has 1 aromatic heterocycles. The summed E-state index contributed by atoms with van der Waals surface area (Å²) in [5.74, 6) is 2.82. The van der Waals surface area contributed by atoms with E-state index in [-0.39, 0.29) is 5.91 Å². The summed E-state index contributed by atoms with van der Waals surface area (Å²) in [6.07, 6.45) is 5.14. The molecule has 1 atom stereocenters. The monoisotopic (exact) mass is 292 g/mol. The molecule has 21 heavy (non-hydrogen) atoms. The van der Waals surface area contributed by atoms with Crippen LogP contribution < -0.4 is 5.32 Å². The van der Waals surface area contributed by atoms with E-state index < -0.39 is 0 Å². The Morgan fingerprint density at radius 3 is 2.86 bits per heavy atom. The van der Waals surface area contributed by atoms with Crippen molar-refractivity contribution >= 4 is 5.91 Å². The zero-order valence-corrected chi connectivity index (χ0v) is 13.4. The number of hydrogen-bond donors (Lipinski definition) is 1. The molecule has 2 heterocycles. The van der Waals surface area contributed by atoms with Crippen LogP contribution in [0.25, 0.3) is 0 Å². The first-order valence-corrected chi connectivity index (χ1v) is 8.29. The van der Waals surface area contributed by atoms with Gasteiger partial charge < -0.3 is 14.6 Å². The van der Waals surface area contributed by atoms with Crippen LogP contribution in [0.5, 0.6) is 0 Å². The van der Waals surface area contributed by atoms with Gasteiger partial charge in [0.05, 0.1) is 13.1 Å². The number of nitrogens with one attached hydrogen (secondary N) is 1. The first-order valence-electron chi connectivity index (χ1n) is 8.29. The molecule has 0 spiro atoms. The fourth-order valence-corrected chi connectivity index (χ4v) is 2.85. The van der Waals surface area contributed by atoms with Crippen LogP contribution in [0.2, 0.25) is 0 Å². The second-order valence-corrected chi connectivity index (χ2v) is 5.96. The molecule has 1 amide bonds. The number of amides is 1. The highest BCUT2D eigenvalue weighted by atomic mass is 16.3. The SMILES string of the molecule is CCCNCc1ccc(CN2CCC(CC)CCC2=O)o1. The number of hydrogen-bond acceptors (Lipinski definition) is 3. The van der Waals surface area contributed by atoms with Gasteiger partial charge in [0, 0.05) is 13.0 Å². The molecular formula is C17H28N2O2. The summed E-state index contributed by atoms with van der Waals surface area (Å²) in [4.78, 5) is 14.1. The maximum atomic E-state index is 12.2. The number of likely N-dealkylation sites (tertiary alicyclic amines) is 1. The summed E-state index contributed by atoms with van der Waals surface area (Å²) in [6, 6.07) is 4.01. The first kappa shape index (κ1) is 16.1. The second-order valence-electron chi connectivity index (χ2n) is 5.96. The third kappa shape index (κ3) is 4.88. The summed E-state index contributed by atoms with van der Waals surface area (Å²) >= 11 is 0. The van der Waals surface area contributed by atoms with Gasteiger partial charge in [-0.05, 0) is 43.9 Å². The Bertz CT molecular complexity index is 442. The van der Waals surface area contributed by atoms with Gasteiger partial charge in [-0.15, -0.1) is 0 Å². The molecule has 118 valence electrons. The lowest BCUT2D eigenvalue weighted by atomic mass is 9.98. The summed E-state index contributed by atoms with van der Waals surface area (Å²) in [5.41, 5.74) is 0. The fourth-order valence-electron chi connectivity index (χ4n) is 2.85. The Morgan fingerprint density at radius 1 is 1.29 bits per heavy atom. The van der Waals surface area contributed by atoms with Crippen molar-refractivity contribution in [2.24, 2.45) is 5.92 Å². The van der Waals surface area contributed by atoms with E-state index in [9.17, 15) is 4.79 Å². The molecule has 2 rings (SSSR count). The molecule has 1 aliphatic heterocycles. The van der Waals surface area contributed by atoms with Gasteiger partial charge >= 0.3 is 0 Å². The van der Waals surface area contributed by atoms with Gasteiger partial charge in [0.25, 0.3) is 0 Å². The van der Waals surface area contributed by atoms with E-state index in [1.165, 1.54) is 6.42 Å². The van der Waals surface area contributed by atoms with Crippen LogP contribution in [-0.4, -0.2) is 23.9 Å². The molecule has 0 radical (unpaired) electrons. The van der Waals surface area contributed by atoms with Gasteiger partial charge in [-0.25, -0.2) is 0 Å². The van der Waals surface area contributed by atoms with Crippen LogP contribution in [0.3, 0.4) is 0 Å². The molecule has 0 saturated carbocycles. The van der Waals surface area contributed by atoms with Crippen molar-refractivity contribution in [2.45, 2.75) is 59.0 Å². The Hall–Kier alpha value is -1.29.